The number of pyridine rings is 1. The number of ether oxygens (including phenoxy) is 1. The van der Waals surface area contributed by atoms with Gasteiger partial charge in [0.1, 0.15) is 17.0 Å². The minimum Gasteiger partial charge on any atom is -0.493 e. The van der Waals surface area contributed by atoms with Crippen LogP contribution in [0.2, 0.25) is 0 Å². The van der Waals surface area contributed by atoms with Crippen molar-refractivity contribution in [1.82, 2.24) is 19.9 Å². The first-order valence-corrected chi connectivity index (χ1v) is 8.93. The van der Waals surface area contributed by atoms with Gasteiger partial charge < -0.3 is 14.6 Å². The number of methoxy groups -OCH3 is 1. The number of carbonyl (C=O) groups is 1. The summed E-state index contributed by atoms with van der Waals surface area (Å²) >= 11 is 0. The number of rotatable bonds is 5. The highest BCUT2D eigenvalue weighted by molar-refractivity contribution is 6.09. The van der Waals surface area contributed by atoms with E-state index in [2.05, 4.69) is 20.6 Å². The number of nitrogens with zero attached hydrogens (tertiary/aromatic N) is 4. The summed E-state index contributed by atoms with van der Waals surface area (Å²) in [5.74, 6) is 0.801. The van der Waals surface area contributed by atoms with Crippen LogP contribution in [0.3, 0.4) is 0 Å². The zero-order valence-corrected chi connectivity index (χ0v) is 16.2. The van der Waals surface area contributed by atoms with E-state index in [9.17, 15) is 4.79 Å². The third-order valence-electron chi connectivity index (χ3n) is 4.48. The smallest absolute Gasteiger partial charge is 0.262 e. The van der Waals surface area contributed by atoms with E-state index in [1.165, 1.54) is 7.11 Å². The van der Waals surface area contributed by atoms with Gasteiger partial charge in [-0.05, 0) is 13.0 Å². The van der Waals surface area contributed by atoms with Gasteiger partial charge in [-0.2, -0.15) is 5.10 Å². The second-order valence-electron chi connectivity index (χ2n) is 6.46. The number of nitrogens with one attached hydrogen (secondary N) is 1. The van der Waals surface area contributed by atoms with Gasteiger partial charge in [0.25, 0.3) is 5.91 Å². The third kappa shape index (κ3) is 3.60. The van der Waals surface area contributed by atoms with Crippen LogP contribution in [0, 0.1) is 6.92 Å². The Morgan fingerprint density at radius 3 is 2.62 bits per heavy atom. The number of carbonyl (C=O) groups excluding carboxylic acids is 1. The quantitative estimate of drug-likeness (QED) is 0.559. The molecular formula is C21H19N5O3. The van der Waals surface area contributed by atoms with E-state index in [0.29, 0.717) is 28.6 Å². The van der Waals surface area contributed by atoms with Gasteiger partial charge in [-0.15, -0.1) is 0 Å². The van der Waals surface area contributed by atoms with Gasteiger partial charge in [0.2, 0.25) is 0 Å². The standard InChI is InChI=1S/C21H19N5O3/c1-13-18(19(25-29-13)14-7-5-4-6-8-14)21(27)24-20-17(28-3)9-15(10-22-20)16-11-23-26(2)12-16/h4-12H,1-3H3,(H,22,24,27). The summed E-state index contributed by atoms with van der Waals surface area (Å²) in [5, 5.41) is 11.0. The summed E-state index contributed by atoms with van der Waals surface area (Å²) in [6, 6.07) is 11.2. The Hall–Kier alpha value is -3.94. The largest absolute Gasteiger partial charge is 0.493 e. The molecule has 0 saturated carbocycles. The first kappa shape index (κ1) is 18.4. The van der Waals surface area contributed by atoms with Crippen molar-refractivity contribution >= 4 is 11.7 Å². The van der Waals surface area contributed by atoms with E-state index in [-0.39, 0.29) is 5.91 Å². The van der Waals surface area contributed by atoms with E-state index in [1.54, 1.807) is 30.1 Å². The number of hydrogen-bond donors (Lipinski definition) is 1. The maximum Gasteiger partial charge on any atom is 0.262 e. The zero-order chi connectivity index (χ0) is 20.4. The molecule has 0 atom stereocenters. The molecule has 3 heterocycles. The van der Waals surface area contributed by atoms with Crippen molar-refractivity contribution in [3.05, 3.63) is 66.3 Å². The van der Waals surface area contributed by atoms with E-state index in [0.717, 1.165) is 16.7 Å². The molecule has 0 aliphatic carbocycles. The van der Waals surface area contributed by atoms with Gasteiger partial charge in [0.05, 0.1) is 13.3 Å². The van der Waals surface area contributed by atoms with Crippen LogP contribution in [0.1, 0.15) is 16.1 Å². The monoisotopic (exact) mass is 389 g/mol. The van der Waals surface area contributed by atoms with Gasteiger partial charge in [-0.3, -0.25) is 9.48 Å². The van der Waals surface area contributed by atoms with E-state index in [4.69, 9.17) is 9.26 Å². The molecule has 1 N–H and O–H groups in total. The summed E-state index contributed by atoms with van der Waals surface area (Å²) in [7, 11) is 3.37. The van der Waals surface area contributed by atoms with Gasteiger partial charge in [-0.1, -0.05) is 35.5 Å². The second-order valence-corrected chi connectivity index (χ2v) is 6.46. The Bertz CT molecular complexity index is 1160. The van der Waals surface area contributed by atoms with Crippen molar-refractivity contribution in [2.75, 3.05) is 12.4 Å². The summed E-state index contributed by atoms with van der Waals surface area (Å²) in [4.78, 5) is 17.4. The lowest BCUT2D eigenvalue weighted by atomic mass is 10.1. The zero-order valence-electron chi connectivity index (χ0n) is 16.2. The molecule has 0 unspecified atom stereocenters. The Morgan fingerprint density at radius 2 is 1.93 bits per heavy atom. The summed E-state index contributed by atoms with van der Waals surface area (Å²) in [6.07, 6.45) is 5.27. The molecule has 0 aliphatic rings. The van der Waals surface area contributed by atoms with Crippen LogP contribution in [0.4, 0.5) is 5.82 Å². The van der Waals surface area contributed by atoms with Crippen LogP contribution < -0.4 is 10.1 Å². The van der Waals surface area contributed by atoms with Gasteiger partial charge >= 0.3 is 0 Å². The normalized spacial score (nSPS) is 10.7. The van der Waals surface area contributed by atoms with E-state index in [1.807, 2.05) is 43.6 Å². The molecule has 4 rings (SSSR count). The minimum atomic E-state index is -0.373. The first-order chi connectivity index (χ1) is 14.1. The maximum atomic E-state index is 13.0. The lowest BCUT2D eigenvalue weighted by Crippen LogP contribution is -2.15. The molecule has 0 fully saturated rings. The molecule has 1 amide bonds. The summed E-state index contributed by atoms with van der Waals surface area (Å²) in [5.41, 5.74) is 3.36. The number of anilines is 1. The molecule has 8 nitrogen and oxygen atoms in total. The van der Waals surface area contributed by atoms with Crippen LogP contribution in [-0.2, 0) is 7.05 Å². The molecule has 0 spiro atoms. The first-order valence-electron chi connectivity index (χ1n) is 8.93. The number of benzene rings is 1. The van der Waals surface area contributed by atoms with Crippen molar-refractivity contribution in [1.29, 1.82) is 0 Å². The van der Waals surface area contributed by atoms with Crippen molar-refractivity contribution in [3.63, 3.8) is 0 Å². The van der Waals surface area contributed by atoms with Crippen LogP contribution in [0.5, 0.6) is 5.75 Å². The Morgan fingerprint density at radius 1 is 1.14 bits per heavy atom. The highest BCUT2D eigenvalue weighted by Crippen LogP contribution is 2.30. The van der Waals surface area contributed by atoms with Crippen LogP contribution in [-0.4, -0.2) is 32.9 Å². The maximum absolute atomic E-state index is 13.0. The topological polar surface area (TPSA) is 95.1 Å². The number of amides is 1. The summed E-state index contributed by atoms with van der Waals surface area (Å²) < 4.78 is 12.4. The molecule has 29 heavy (non-hydrogen) atoms. The van der Waals surface area contributed by atoms with Gasteiger partial charge in [0, 0.05) is 36.1 Å². The fourth-order valence-corrected chi connectivity index (χ4v) is 3.02. The third-order valence-corrected chi connectivity index (χ3v) is 4.48. The molecule has 8 heteroatoms. The van der Waals surface area contributed by atoms with Crippen molar-refractivity contribution in [2.24, 2.45) is 7.05 Å². The molecule has 4 aromatic rings. The van der Waals surface area contributed by atoms with E-state index >= 15 is 0 Å². The Kier molecular flexibility index (Phi) is 4.82. The molecule has 0 radical (unpaired) electrons. The molecule has 0 aliphatic heterocycles. The molecule has 0 saturated heterocycles. The molecule has 146 valence electrons. The predicted molar refractivity (Wildman–Crippen MR) is 108 cm³/mol. The van der Waals surface area contributed by atoms with Gasteiger partial charge in [0.15, 0.2) is 11.6 Å². The van der Waals surface area contributed by atoms with Crippen LogP contribution in [0.25, 0.3) is 22.4 Å². The molecule has 0 bridgehead atoms. The van der Waals surface area contributed by atoms with Crippen LogP contribution in [0.15, 0.2) is 59.5 Å². The van der Waals surface area contributed by atoms with Crippen molar-refractivity contribution < 1.29 is 14.1 Å². The predicted octanol–water partition coefficient (Wildman–Crippen LogP) is 3.71. The Labute approximate surface area is 167 Å². The highest BCUT2D eigenvalue weighted by atomic mass is 16.5. The molecular weight excluding hydrogens is 370 g/mol. The lowest BCUT2D eigenvalue weighted by molar-refractivity contribution is 0.102. The number of aromatic nitrogens is 4. The van der Waals surface area contributed by atoms with Crippen LogP contribution >= 0.6 is 0 Å². The fourth-order valence-electron chi connectivity index (χ4n) is 3.02. The number of aryl methyl sites for hydroxylation is 2. The van der Waals surface area contributed by atoms with E-state index < -0.39 is 0 Å². The second kappa shape index (κ2) is 7.59. The SMILES string of the molecule is COc1cc(-c2cnn(C)c2)cnc1NC(=O)c1c(-c2ccccc2)noc1C. The van der Waals surface area contributed by atoms with Gasteiger partial charge in [-0.25, -0.2) is 4.98 Å². The van der Waals surface area contributed by atoms with Crippen molar-refractivity contribution in [3.8, 4) is 28.1 Å². The van der Waals surface area contributed by atoms with Crippen molar-refractivity contribution in [2.45, 2.75) is 6.92 Å². The number of hydrogen-bond acceptors (Lipinski definition) is 6. The summed E-state index contributed by atoms with van der Waals surface area (Å²) in [6.45, 7) is 1.70. The lowest BCUT2D eigenvalue weighted by Gasteiger charge is -2.10. The highest BCUT2D eigenvalue weighted by Gasteiger charge is 2.23. The fraction of sp³-hybridized carbons (Fsp3) is 0.143. The minimum absolute atomic E-state index is 0.310. The Balaban J connectivity index is 1.65. The average molecular weight is 389 g/mol. The molecule has 3 aromatic heterocycles. The average Bonchev–Trinajstić information content (AvgIpc) is 3.34. The molecule has 1 aromatic carbocycles.